The normalized spacial score (nSPS) is 17.4. The van der Waals surface area contributed by atoms with Gasteiger partial charge >= 0.3 is 0 Å². The second-order valence-electron chi connectivity index (χ2n) is 6.88. The quantitative estimate of drug-likeness (QED) is 0.776. The summed E-state index contributed by atoms with van der Waals surface area (Å²) in [5, 5.41) is 3.09. The fourth-order valence-electron chi connectivity index (χ4n) is 3.39. The molecule has 1 N–H and O–H groups in total. The van der Waals surface area contributed by atoms with Crippen LogP contribution in [-0.4, -0.2) is 40.0 Å². The summed E-state index contributed by atoms with van der Waals surface area (Å²) < 4.78 is 5.68. The molecule has 1 aliphatic rings. The smallest absolute Gasteiger partial charge is 0.237 e. The van der Waals surface area contributed by atoms with Crippen molar-refractivity contribution in [3.63, 3.8) is 0 Å². The Bertz CT molecular complexity index is 723. The van der Waals surface area contributed by atoms with Gasteiger partial charge < -0.3 is 10.1 Å². The molecule has 2 aromatic rings. The third-order valence-corrected chi connectivity index (χ3v) is 4.77. The molecule has 0 aliphatic carbocycles. The predicted octanol–water partition coefficient (Wildman–Crippen LogP) is 2.94. The molecule has 1 unspecified atom stereocenters. The third kappa shape index (κ3) is 5.50. The van der Waals surface area contributed by atoms with Crippen molar-refractivity contribution in [1.82, 2.24) is 20.2 Å². The van der Waals surface area contributed by atoms with Crippen LogP contribution in [0.4, 0.5) is 0 Å². The molecule has 1 amide bonds. The zero-order chi connectivity index (χ0) is 18.9. The fourth-order valence-corrected chi connectivity index (χ4v) is 3.39. The van der Waals surface area contributed by atoms with Gasteiger partial charge in [0.2, 0.25) is 11.8 Å². The Kier molecular flexibility index (Phi) is 7.16. The number of ether oxygens (including phenoxy) is 1. The van der Waals surface area contributed by atoms with E-state index in [2.05, 4.69) is 33.2 Å². The Morgan fingerprint density at radius 2 is 2.19 bits per heavy atom. The Morgan fingerprint density at radius 3 is 3.00 bits per heavy atom. The number of carbonyl (C=O) groups is 1. The lowest BCUT2D eigenvalue weighted by Crippen LogP contribution is -2.48. The number of nitrogens with zero attached hydrogens (tertiary/aromatic N) is 3. The van der Waals surface area contributed by atoms with Crippen LogP contribution < -0.4 is 10.1 Å². The largest absolute Gasteiger partial charge is 0.477 e. The highest BCUT2D eigenvalue weighted by atomic mass is 16.5. The highest BCUT2D eigenvalue weighted by molar-refractivity contribution is 5.81. The van der Waals surface area contributed by atoms with Crippen LogP contribution in [0.25, 0.3) is 0 Å². The molecule has 1 atom stereocenters. The number of amides is 1. The van der Waals surface area contributed by atoms with Gasteiger partial charge in [0.05, 0.1) is 12.6 Å². The molecule has 1 fully saturated rings. The van der Waals surface area contributed by atoms with E-state index < -0.39 is 0 Å². The average molecular weight is 368 g/mol. The molecule has 0 saturated carbocycles. The number of nitrogens with one attached hydrogen (secondary N) is 1. The molecular weight excluding hydrogens is 340 g/mol. The topological polar surface area (TPSA) is 67.3 Å². The molecule has 1 aliphatic heterocycles. The Labute approximate surface area is 161 Å². The Hall–Kier alpha value is -2.47. The lowest BCUT2D eigenvalue weighted by atomic mass is 10.0. The van der Waals surface area contributed by atoms with Crippen molar-refractivity contribution in [3.8, 4) is 5.88 Å². The van der Waals surface area contributed by atoms with E-state index in [0.717, 1.165) is 49.9 Å². The maximum Gasteiger partial charge on any atom is 0.237 e. The van der Waals surface area contributed by atoms with Gasteiger partial charge in [-0.1, -0.05) is 25.5 Å². The molecule has 3 rings (SSSR count). The molecule has 0 aromatic carbocycles. The number of hydrogen-bond acceptors (Lipinski definition) is 5. The number of likely N-dealkylation sites (tertiary alicyclic amines) is 1. The van der Waals surface area contributed by atoms with Crippen LogP contribution >= 0.6 is 0 Å². The molecule has 6 heteroatoms. The molecule has 1 saturated heterocycles. The van der Waals surface area contributed by atoms with E-state index in [1.54, 1.807) is 12.4 Å². The van der Waals surface area contributed by atoms with Gasteiger partial charge in [-0.05, 0) is 43.5 Å². The summed E-state index contributed by atoms with van der Waals surface area (Å²) >= 11 is 0. The maximum atomic E-state index is 12.9. The van der Waals surface area contributed by atoms with E-state index in [1.165, 1.54) is 0 Å². The predicted molar refractivity (Wildman–Crippen MR) is 104 cm³/mol. The van der Waals surface area contributed by atoms with Crippen LogP contribution in [0.5, 0.6) is 5.88 Å². The first kappa shape index (κ1) is 19.3. The SMILES string of the molecule is CCCOc1ncccc1CNC(=O)C1CCCCN1Cc1cccnc1. The number of pyridine rings is 2. The lowest BCUT2D eigenvalue weighted by molar-refractivity contribution is -0.128. The van der Waals surface area contributed by atoms with E-state index in [4.69, 9.17) is 4.74 Å². The summed E-state index contributed by atoms with van der Waals surface area (Å²) in [7, 11) is 0. The number of carbonyl (C=O) groups excluding carboxylic acids is 1. The van der Waals surface area contributed by atoms with Crippen LogP contribution in [-0.2, 0) is 17.9 Å². The number of hydrogen-bond donors (Lipinski definition) is 1. The molecular formula is C21H28N4O2. The van der Waals surface area contributed by atoms with Crippen molar-refractivity contribution in [2.45, 2.75) is 51.7 Å². The summed E-state index contributed by atoms with van der Waals surface area (Å²) in [5.41, 5.74) is 2.05. The van der Waals surface area contributed by atoms with E-state index in [9.17, 15) is 4.79 Å². The Morgan fingerprint density at radius 1 is 1.30 bits per heavy atom. The summed E-state index contributed by atoms with van der Waals surface area (Å²) in [6, 6.07) is 7.72. The maximum absolute atomic E-state index is 12.9. The zero-order valence-electron chi connectivity index (χ0n) is 15.9. The van der Waals surface area contributed by atoms with Crippen molar-refractivity contribution in [1.29, 1.82) is 0 Å². The van der Waals surface area contributed by atoms with Crippen LogP contribution in [0.15, 0.2) is 42.9 Å². The van der Waals surface area contributed by atoms with Gasteiger partial charge in [0.25, 0.3) is 0 Å². The highest BCUT2D eigenvalue weighted by Gasteiger charge is 2.28. The first-order chi connectivity index (χ1) is 13.3. The fraction of sp³-hybridized carbons (Fsp3) is 0.476. The van der Waals surface area contributed by atoms with Gasteiger partial charge in [-0.2, -0.15) is 0 Å². The molecule has 0 spiro atoms. The van der Waals surface area contributed by atoms with Gasteiger partial charge in [-0.25, -0.2) is 4.98 Å². The first-order valence-electron chi connectivity index (χ1n) is 9.75. The number of rotatable bonds is 8. The minimum Gasteiger partial charge on any atom is -0.477 e. The second-order valence-corrected chi connectivity index (χ2v) is 6.88. The number of aromatic nitrogens is 2. The van der Waals surface area contributed by atoms with E-state index in [1.807, 2.05) is 24.4 Å². The van der Waals surface area contributed by atoms with Gasteiger partial charge in [0.15, 0.2) is 0 Å². The first-order valence-corrected chi connectivity index (χ1v) is 9.75. The average Bonchev–Trinajstić information content (AvgIpc) is 2.72. The molecule has 2 aromatic heterocycles. The van der Waals surface area contributed by atoms with E-state index >= 15 is 0 Å². The lowest BCUT2D eigenvalue weighted by Gasteiger charge is -2.34. The minimum atomic E-state index is -0.101. The zero-order valence-corrected chi connectivity index (χ0v) is 15.9. The standard InChI is InChI=1S/C21H28N4O2/c1-2-13-27-21-18(8-6-11-23-21)15-24-20(26)19-9-3-4-12-25(19)16-17-7-5-10-22-14-17/h5-8,10-11,14,19H,2-4,9,12-13,15-16H2,1H3,(H,24,26). The second kappa shape index (κ2) is 10.0. The van der Waals surface area contributed by atoms with Crippen LogP contribution in [0.2, 0.25) is 0 Å². The van der Waals surface area contributed by atoms with E-state index in [-0.39, 0.29) is 11.9 Å². The molecule has 27 heavy (non-hydrogen) atoms. The molecule has 0 bridgehead atoms. The highest BCUT2D eigenvalue weighted by Crippen LogP contribution is 2.20. The monoisotopic (exact) mass is 368 g/mol. The van der Waals surface area contributed by atoms with Gasteiger partial charge in [-0.15, -0.1) is 0 Å². The molecule has 3 heterocycles. The van der Waals surface area contributed by atoms with Crippen molar-refractivity contribution >= 4 is 5.91 Å². The summed E-state index contributed by atoms with van der Waals surface area (Å²) in [5.74, 6) is 0.680. The van der Waals surface area contributed by atoms with E-state index in [0.29, 0.717) is 19.0 Å². The van der Waals surface area contributed by atoms with Crippen molar-refractivity contribution in [3.05, 3.63) is 54.0 Å². The van der Waals surface area contributed by atoms with Crippen LogP contribution in [0.1, 0.15) is 43.7 Å². The third-order valence-electron chi connectivity index (χ3n) is 4.77. The van der Waals surface area contributed by atoms with Crippen molar-refractivity contribution in [2.75, 3.05) is 13.2 Å². The van der Waals surface area contributed by atoms with Crippen molar-refractivity contribution in [2.24, 2.45) is 0 Å². The molecule has 6 nitrogen and oxygen atoms in total. The molecule has 0 radical (unpaired) electrons. The minimum absolute atomic E-state index is 0.0730. The van der Waals surface area contributed by atoms with Crippen molar-refractivity contribution < 1.29 is 9.53 Å². The molecule has 144 valence electrons. The Balaban J connectivity index is 1.60. The van der Waals surface area contributed by atoms with Gasteiger partial charge in [0, 0.05) is 37.2 Å². The van der Waals surface area contributed by atoms with Gasteiger partial charge in [-0.3, -0.25) is 14.7 Å². The van der Waals surface area contributed by atoms with Crippen LogP contribution in [0.3, 0.4) is 0 Å². The summed E-state index contributed by atoms with van der Waals surface area (Å²) in [4.78, 5) is 23.6. The number of piperidine rings is 1. The summed E-state index contributed by atoms with van der Waals surface area (Å²) in [6.45, 7) is 4.81. The van der Waals surface area contributed by atoms with Crippen LogP contribution in [0, 0.1) is 0 Å². The van der Waals surface area contributed by atoms with Gasteiger partial charge in [0.1, 0.15) is 0 Å². The summed E-state index contributed by atoms with van der Waals surface area (Å²) in [6.07, 6.45) is 9.38.